The summed E-state index contributed by atoms with van der Waals surface area (Å²) in [6.45, 7) is 0. The third kappa shape index (κ3) is 4.56. The van der Waals surface area contributed by atoms with E-state index in [9.17, 15) is 21.6 Å². The van der Waals surface area contributed by atoms with Crippen molar-refractivity contribution in [2.45, 2.75) is 9.79 Å². The van der Waals surface area contributed by atoms with Crippen molar-refractivity contribution in [1.82, 2.24) is 14.5 Å². The molecule has 10 nitrogen and oxygen atoms in total. The molecular weight excluding hydrogens is 432 g/mol. The fraction of sp³-hybridized carbons (Fsp3) is 0.167. The normalized spacial score (nSPS) is 12.1. The Morgan fingerprint density at radius 1 is 0.967 bits per heavy atom. The summed E-state index contributed by atoms with van der Waals surface area (Å²) >= 11 is 0. The van der Waals surface area contributed by atoms with Crippen LogP contribution < -0.4 is 5.32 Å². The Bertz CT molecular complexity index is 1300. The molecular formula is C18H18N4O6S2. The number of hydrogen-bond acceptors (Lipinski definition) is 8. The van der Waals surface area contributed by atoms with Crippen molar-refractivity contribution >= 4 is 31.8 Å². The van der Waals surface area contributed by atoms with Gasteiger partial charge in [0, 0.05) is 31.5 Å². The molecule has 30 heavy (non-hydrogen) atoms. The summed E-state index contributed by atoms with van der Waals surface area (Å²) in [6.07, 6.45) is 1.04. The van der Waals surface area contributed by atoms with Crippen LogP contribution in [0.2, 0.25) is 0 Å². The summed E-state index contributed by atoms with van der Waals surface area (Å²) < 4.78 is 54.0. The van der Waals surface area contributed by atoms with Crippen LogP contribution in [0.25, 0.3) is 11.5 Å². The molecule has 0 spiro atoms. The average molecular weight is 450 g/mol. The fourth-order valence-electron chi connectivity index (χ4n) is 2.41. The van der Waals surface area contributed by atoms with Gasteiger partial charge in [0.1, 0.15) is 0 Å². The molecule has 0 saturated heterocycles. The molecule has 0 unspecified atom stereocenters. The van der Waals surface area contributed by atoms with Gasteiger partial charge >= 0.3 is 6.01 Å². The van der Waals surface area contributed by atoms with Crippen molar-refractivity contribution in [2.24, 2.45) is 0 Å². The van der Waals surface area contributed by atoms with Crippen LogP contribution in [-0.2, 0) is 19.9 Å². The smallest absolute Gasteiger partial charge is 0.322 e. The number of anilines is 1. The minimum atomic E-state index is -3.56. The Labute approximate surface area is 173 Å². The highest BCUT2D eigenvalue weighted by Gasteiger charge is 2.18. The van der Waals surface area contributed by atoms with Crippen LogP contribution in [-0.4, -0.2) is 57.6 Å². The molecule has 0 aliphatic carbocycles. The molecule has 3 rings (SSSR count). The third-order valence-electron chi connectivity index (χ3n) is 4.05. The summed E-state index contributed by atoms with van der Waals surface area (Å²) in [7, 11) is -4.16. The number of amides is 1. The predicted octanol–water partition coefficient (Wildman–Crippen LogP) is 1.64. The summed E-state index contributed by atoms with van der Waals surface area (Å²) in [5.74, 6) is -0.549. The Morgan fingerprint density at radius 2 is 1.63 bits per heavy atom. The van der Waals surface area contributed by atoms with Crippen LogP contribution in [0.4, 0.5) is 6.01 Å². The monoisotopic (exact) mass is 450 g/mol. The average Bonchev–Trinajstić information content (AvgIpc) is 3.16. The van der Waals surface area contributed by atoms with E-state index in [-0.39, 0.29) is 27.3 Å². The van der Waals surface area contributed by atoms with Gasteiger partial charge in [-0.15, -0.1) is 5.10 Å². The van der Waals surface area contributed by atoms with E-state index in [1.165, 1.54) is 62.6 Å². The second kappa shape index (κ2) is 7.97. The minimum Gasteiger partial charge on any atom is -0.403 e. The van der Waals surface area contributed by atoms with Gasteiger partial charge in [-0.3, -0.25) is 10.1 Å². The number of nitrogens with zero attached hydrogens (tertiary/aromatic N) is 3. The highest BCUT2D eigenvalue weighted by molar-refractivity contribution is 7.90. The van der Waals surface area contributed by atoms with Crippen molar-refractivity contribution in [3.05, 3.63) is 54.1 Å². The van der Waals surface area contributed by atoms with E-state index in [0.29, 0.717) is 5.56 Å². The van der Waals surface area contributed by atoms with Crippen LogP contribution >= 0.6 is 0 Å². The van der Waals surface area contributed by atoms with E-state index >= 15 is 0 Å². The van der Waals surface area contributed by atoms with Crippen molar-refractivity contribution in [1.29, 1.82) is 0 Å². The highest BCUT2D eigenvalue weighted by Crippen LogP contribution is 2.23. The number of rotatable bonds is 6. The highest BCUT2D eigenvalue weighted by atomic mass is 32.2. The van der Waals surface area contributed by atoms with Gasteiger partial charge in [0.05, 0.1) is 9.79 Å². The lowest BCUT2D eigenvalue weighted by Crippen LogP contribution is -2.22. The van der Waals surface area contributed by atoms with Gasteiger partial charge < -0.3 is 4.42 Å². The summed E-state index contributed by atoms with van der Waals surface area (Å²) in [5.41, 5.74) is 0.565. The standard InChI is InChI=1S/C18H18N4O6S2/c1-22(2)30(26,27)14-9-7-12(8-10-14)17-20-21-18(28-17)19-16(23)13-5-4-6-15(11-13)29(3,24)25/h4-11H,1-3H3,(H,19,21,23). The zero-order valence-electron chi connectivity index (χ0n) is 16.2. The second-order valence-electron chi connectivity index (χ2n) is 6.48. The Morgan fingerprint density at radius 3 is 2.23 bits per heavy atom. The SMILES string of the molecule is CN(C)S(=O)(=O)c1ccc(-c2nnc(NC(=O)c3cccc(S(C)(=O)=O)c3)o2)cc1. The molecule has 12 heteroatoms. The van der Waals surface area contributed by atoms with Gasteiger partial charge in [0.15, 0.2) is 9.84 Å². The number of hydrogen-bond donors (Lipinski definition) is 1. The molecule has 2 aromatic carbocycles. The van der Waals surface area contributed by atoms with Gasteiger partial charge in [-0.2, -0.15) is 0 Å². The number of sulfonamides is 1. The van der Waals surface area contributed by atoms with Gasteiger partial charge in [-0.05, 0) is 42.5 Å². The maximum Gasteiger partial charge on any atom is 0.322 e. The molecule has 0 bridgehead atoms. The van der Waals surface area contributed by atoms with Gasteiger partial charge in [0.2, 0.25) is 15.9 Å². The first-order valence-corrected chi connectivity index (χ1v) is 11.8. The van der Waals surface area contributed by atoms with Gasteiger partial charge in [-0.1, -0.05) is 11.2 Å². The first-order chi connectivity index (χ1) is 14.0. The van der Waals surface area contributed by atoms with Crippen LogP contribution in [0.3, 0.4) is 0 Å². The molecule has 1 amide bonds. The van der Waals surface area contributed by atoms with Crippen LogP contribution in [0.5, 0.6) is 0 Å². The lowest BCUT2D eigenvalue weighted by atomic mass is 10.2. The predicted molar refractivity (Wildman–Crippen MR) is 108 cm³/mol. The van der Waals surface area contributed by atoms with Crippen molar-refractivity contribution in [3.63, 3.8) is 0 Å². The van der Waals surface area contributed by atoms with E-state index in [4.69, 9.17) is 4.42 Å². The number of nitrogens with one attached hydrogen (secondary N) is 1. The lowest BCUT2D eigenvalue weighted by Gasteiger charge is -2.11. The maximum atomic E-state index is 12.4. The van der Waals surface area contributed by atoms with Crippen LogP contribution in [0, 0.1) is 0 Å². The summed E-state index contributed by atoms with van der Waals surface area (Å²) in [6, 6.07) is 11.2. The summed E-state index contributed by atoms with van der Waals surface area (Å²) in [5, 5.41) is 9.97. The molecule has 0 saturated carbocycles. The van der Waals surface area contributed by atoms with Gasteiger partial charge in [-0.25, -0.2) is 21.1 Å². The number of benzene rings is 2. The van der Waals surface area contributed by atoms with Crippen molar-refractivity contribution < 1.29 is 26.0 Å². The molecule has 1 N–H and O–H groups in total. The summed E-state index contributed by atoms with van der Waals surface area (Å²) in [4.78, 5) is 12.5. The number of sulfone groups is 1. The topological polar surface area (TPSA) is 140 Å². The minimum absolute atomic E-state index is 0.00846. The van der Waals surface area contributed by atoms with Crippen LogP contribution in [0.1, 0.15) is 10.4 Å². The lowest BCUT2D eigenvalue weighted by molar-refractivity contribution is 0.102. The molecule has 3 aromatic rings. The quantitative estimate of drug-likeness (QED) is 0.598. The molecule has 0 aliphatic rings. The molecule has 0 aliphatic heterocycles. The second-order valence-corrected chi connectivity index (χ2v) is 10.6. The first kappa shape index (κ1) is 21.6. The van der Waals surface area contributed by atoms with E-state index in [1.54, 1.807) is 0 Å². The van der Waals surface area contributed by atoms with Crippen LogP contribution in [0.15, 0.2) is 62.7 Å². The molecule has 0 radical (unpaired) electrons. The molecule has 0 fully saturated rings. The van der Waals surface area contributed by atoms with E-state index in [2.05, 4.69) is 15.5 Å². The first-order valence-electron chi connectivity index (χ1n) is 8.46. The zero-order valence-corrected chi connectivity index (χ0v) is 17.9. The number of aromatic nitrogens is 2. The molecule has 1 aromatic heterocycles. The van der Waals surface area contributed by atoms with Crippen molar-refractivity contribution in [2.75, 3.05) is 25.7 Å². The Kier molecular flexibility index (Phi) is 5.74. The zero-order chi connectivity index (χ0) is 22.1. The largest absolute Gasteiger partial charge is 0.403 e. The van der Waals surface area contributed by atoms with E-state index < -0.39 is 25.8 Å². The fourth-order valence-corrected chi connectivity index (χ4v) is 3.98. The van der Waals surface area contributed by atoms with Gasteiger partial charge in [0.25, 0.3) is 5.91 Å². The Hall–Kier alpha value is -3.09. The van der Waals surface area contributed by atoms with E-state index in [1.807, 2.05) is 0 Å². The maximum absolute atomic E-state index is 12.4. The van der Waals surface area contributed by atoms with Crippen molar-refractivity contribution in [3.8, 4) is 11.5 Å². The Balaban J connectivity index is 1.78. The molecule has 1 heterocycles. The number of carbonyl (C=O) groups excluding carboxylic acids is 1. The third-order valence-corrected chi connectivity index (χ3v) is 6.99. The molecule has 0 atom stereocenters. The van der Waals surface area contributed by atoms with E-state index in [0.717, 1.165) is 10.6 Å². The molecule has 158 valence electrons. The number of carbonyl (C=O) groups is 1.